The zero-order valence-corrected chi connectivity index (χ0v) is 7.93. The molecular formula is C8H12BrNO. The number of amides is 1. The molecule has 2 saturated carbocycles. The number of fused-ring (bicyclic) bond motifs is 2. The Morgan fingerprint density at radius 3 is 2.55 bits per heavy atom. The number of carbonyl (C=O) groups is 1. The van der Waals surface area contributed by atoms with E-state index in [-0.39, 0.29) is 10.2 Å². The summed E-state index contributed by atoms with van der Waals surface area (Å²) >= 11 is 3.49. The minimum absolute atomic E-state index is 0.162. The van der Waals surface area contributed by atoms with Crippen molar-refractivity contribution in [2.75, 3.05) is 0 Å². The average molecular weight is 218 g/mol. The Morgan fingerprint density at radius 2 is 2.27 bits per heavy atom. The van der Waals surface area contributed by atoms with Crippen molar-refractivity contribution in [3.8, 4) is 0 Å². The molecule has 2 aliphatic rings. The zero-order valence-electron chi connectivity index (χ0n) is 6.35. The molecule has 3 heteroatoms. The van der Waals surface area contributed by atoms with Gasteiger partial charge in [0.15, 0.2) is 0 Å². The normalized spacial score (nSPS) is 48.1. The number of carbonyl (C=O) groups excluding carboxylic acids is 1. The molecule has 3 unspecified atom stereocenters. The summed E-state index contributed by atoms with van der Waals surface area (Å²) in [5, 5.41) is 0. The molecule has 0 radical (unpaired) electrons. The van der Waals surface area contributed by atoms with Gasteiger partial charge in [0, 0.05) is 0 Å². The number of rotatable bonds is 1. The first-order valence-electron chi connectivity index (χ1n) is 4.12. The van der Waals surface area contributed by atoms with E-state index in [1.165, 1.54) is 19.3 Å². The summed E-state index contributed by atoms with van der Waals surface area (Å²) in [6.45, 7) is 0. The van der Waals surface area contributed by atoms with Crippen LogP contribution >= 0.6 is 15.9 Å². The van der Waals surface area contributed by atoms with Crippen LogP contribution in [0, 0.1) is 11.8 Å². The van der Waals surface area contributed by atoms with Crippen LogP contribution in [0.4, 0.5) is 0 Å². The van der Waals surface area contributed by atoms with E-state index in [4.69, 9.17) is 5.73 Å². The fourth-order valence-corrected chi connectivity index (χ4v) is 3.44. The van der Waals surface area contributed by atoms with Crippen LogP contribution in [-0.2, 0) is 4.79 Å². The van der Waals surface area contributed by atoms with Gasteiger partial charge in [0.2, 0.25) is 5.91 Å². The summed E-state index contributed by atoms with van der Waals surface area (Å²) in [7, 11) is 0. The Bertz CT molecular complexity index is 206. The van der Waals surface area contributed by atoms with Crippen LogP contribution in [0.3, 0.4) is 0 Å². The smallest absolute Gasteiger partial charge is 0.234 e. The van der Waals surface area contributed by atoms with Crippen molar-refractivity contribution in [2.45, 2.75) is 30.0 Å². The Labute approximate surface area is 74.7 Å². The molecule has 0 aliphatic heterocycles. The highest BCUT2D eigenvalue weighted by Gasteiger charge is 2.53. The Kier molecular flexibility index (Phi) is 1.53. The maximum atomic E-state index is 11.1. The second-order valence-electron chi connectivity index (χ2n) is 3.81. The monoisotopic (exact) mass is 217 g/mol. The number of nitrogens with two attached hydrogens (primary N) is 1. The van der Waals surface area contributed by atoms with E-state index in [1.54, 1.807) is 0 Å². The maximum Gasteiger partial charge on any atom is 0.234 e. The minimum Gasteiger partial charge on any atom is -0.368 e. The molecule has 0 heterocycles. The summed E-state index contributed by atoms with van der Waals surface area (Å²) in [4.78, 5) is 11.1. The largest absolute Gasteiger partial charge is 0.368 e. The lowest BCUT2D eigenvalue weighted by Gasteiger charge is -2.28. The van der Waals surface area contributed by atoms with Gasteiger partial charge in [-0.2, -0.15) is 0 Å². The second kappa shape index (κ2) is 2.22. The van der Waals surface area contributed by atoms with Gasteiger partial charge in [-0.15, -0.1) is 0 Å². The molecule has 62 valence electrons. The first kappa shape index (κ1) is 7.59. The van der Waals surface area contributed by atoms with Gasteiger partial charge >= 0.3 is 0 Å². The molecule has 2 N–H and O–H groups in total. The molecule has 2 nitrogen and oxygen atoms in total. The van der Waals surface area contributed by atoms with Gasteiger partial charge in [-0.3, -0.25) is 4.79 Å². The molecular weight excluding hydrogens is 206 g/mol. The molecule has 0 saturated heterocycles. The number of alkyl halides is 1. The van der Waals surface area contributed by atoms with E-state index >= 15 is 0 Å². The van der Waals surface area contributed by atoms with Crippen molar-refractivity contribution in [2.24, 2.45) is 17.6 Å². The van der Waals surface area contributed by atoms with Crippen LogP contribution in [-0.4, -0.2) is 10.2 Å². The van der Waals surface area contributed by atoms with E-state index in [9.17, 15) is 4.79 Å². The summed E-state index contributed by atoms with van der Waals surface area (Å²) in [5.41, 5.74) is 5.33. The number of hydrogen-bond donors (Lipinski definition) is 1. The van der Waals surface area contributed by atoms with Gasteiger partial charge < -0.3 is 5.73 Å². The molecule has 0 aromatic rings. The van der Waals surface area contributed by atoms with E-state index in [1.807, 2.05) is 0 Å². The SMILES string of the molecule is NC(=O)C1(Br)CC2CCC1C2. The first-order chi connectivity index (χ1) is 5.13. The molecule has 3 atom stereocenters. The molecule has 2 fully saturated rings. The highest BCUT2D eigenvalue weighted by atomic mass is 79.9. The lowest BCUT2D eigenvalue weighted by molar-refractivity contribution is -0.121. The molecule has 2 aliphatic carbocycles. The molecule has 11 heavy (non-hydrogen) atoms. The topological polar surface area (TPSA) is 43.1 Å². The highest BCUT2D eigenvalue weighted by molar-refractivity contribution is 9.10. The quantitative estimate of drug-likeness (QED) is 0.664. The predicted molar refractivity (Wildman–Crippen MR) is 46.3 cm³/mol. The first-order valence-corrected chi connectivity index (χ1v) is 4.91. The third kappa shape index (κ3) is 0.934. The van der Waals surface area contributed by atoms with Crippen LogP contribution < -0.4 is 5.73 Å². The number of primary amides is 1. The lowest BCUT2D eigenvalue weighted by atomic mass is 9.88. The number of halogens is 1. The Morgan fingerprint density at radius 1 is 1.55 bits per heavy atom. The van der Waals surface area contributed by atoms with Crippen molar-refractivity contribution >= 4 is 21.8 Å². The third-order valence-electron chi connectivity index (χ3n) is 3.18. The highest BCUT2D eigenvalue weighted by Crippen LogP contribution is 2.54. The van der Waals surface area contributed by atoms with Crippen molar-refractivity contribution in [3.63, 3.8) is 0 Å². The van der Waals surface area contributed by atoms with Gasteiger partial charge in [-0.25, -0.2) is 0 Å². The maximum absolute atomic E-state index is 11.1. The van der Waals surface area contributed by atoms with Crippen LogP contribution in [0.15, 0.2) is 0 Å². The van der Waals surface area contributed by atoms with Crippen molar-refractivity contribution < 1.29 is 4.79 Å². The second-order valence-corrected chi connectivity index (χ2v) is 5.22. The molecule has 0 aromatic carbocycles. The van der Waals surface area contributed by atoms with E-state index < -0.39 is 0 Å². The molecule has 0 aromatic heterocycles. The van der Waals surface area contributed by atoms with E-state index in [0.29, 0.717) is 5.92 Å². The fourth-order valence-electron chi connectivity index (χ4n) is 2.56. The fraction of sp³-hybridized carbons (Fsp3) is 0.875. The summed E-state index contributed by atoms with van der Waals surface area (Å²) < 4.78 is -0.337. The van der Waals surface area contributed by atoms with Crippen LogP contribution in [0.5, 0.6) is 0 Å². The minimum atomic E-state index is -0.337. The van der Waals surface area contributed by atoms with E-state index in [2.05, 4.69) is 15.9 Å². The van der Waals surface area contributed by atoms with Gasteiger partial charge in [-0.05, 0) is 31.1 Å². The van der Waals surface area contributed by atoms with Crippen LogP contribution in [0.1, 0.15) is 25.7 Å². The van der Waals surface area contributed by atoms with Crippen LogP contribution in [0.25, 0.3) is 0 Å². The average Bonchev–Trinajstić information content (AvgIpc) is 2.45. The summed E-state index contributed by atoms with van der Waals surface area (Å²) in [5.74, 6) is 1.11. The van der Waals surface area contributed by atoms with Crippen LogP contribution in [0.2, 0.25) is 0 Å². The Balaban J connectivity index is 2.23. The molecule has 2 rings (SSSR count). The van der Waals surface area contributed by atoms with Gasteiger partial charge in [0.25, 0.3) is 0 Å². The standard InChI is InChI=1S/C8H12BrNO/c9-8(7(10)11)4-5-1-2-6(8)3-5/h5-6H,1-4H2,(H2,10,11). The lowest BCUT2D eigenvalue weighted by Crippen LogP contribution is -2.42. The van der Waals surface area contributed by atoms with Gasteiger partial charge in [0.1, 0.15) is 4.32 Å². The molecule has 1 amide bonds. The van der Waals surface area contributed by atoms with Gasteiger partial charge in [0.05, 0.1) is 0 Å². The summed E-state index contributed by atoms with van der Waals surface area (Å²) in [6, 6.07) is 0. The molecule has 0 spiro atoms. The zero-order chi connectivity index (χ0) is 8.06. The third-order valence-corrected chi connectivity index (χ3v) is 4.55. The van der Waals surface area contributed by atoms with Crippen molar-refractivity contribution in [3.05, 3.63) is 0 Å². The number of hydrogen-bond acceptors (Lipinski definition) is 1. The van der Waals surface area contributed by atoms with Crippen molar-refractivity contribution in [1.29, 1.82) is 0 Å². The molecule has 2 bridgehead atoms. The summed E-state index contributed by atoms with van der Waals surface area (Å²) in [6.07, 6.45) is 4.64. The van der Waals surface area contributed by atoms with Gasteiger partial charge in [-0.1, -0.05) is 22.4 Å². The van der Waals surface area contributed by atoms with E-state index in [0.717, 1.165) is 12.3 Å². The Hall–Kier alpha value is -0.0500. The predicted octanol–water partition coefficient (Wildman–Crippen LogP) is 1.43. The van der Waals surface area contributed by atoms with Crippen molar-refractivity contribution in [1.82, 2.24) is 0 Å².